The van der Waals surface area contributed by atoms with Crippen molar-refractivity contribution in [1.82, 2.24) is 19.6 Å². The molecular weight excluding hydrogens is 374 g/mol. The van der Waals surface area contributed by atoms with E-state index >= 15 is 0 Å². The average Bonchev–Trinajstić information content (AvgIpc) is 3.40. The van der Waals surface area contributed by atoms with E-state index in [-0.39, 0.29) is 24.3 Å². The number of carbonyl (C=O) groups is 1. The number of hydrogen-bond acceptors (Lipinski definition) is 7. The highest BCUT2D eigenvalue weighted by Gasteiger charge is 2.40. The Balaban J connectivity index is 1.58. The number of ether oxygens (including phenoxy) is 2. The highest BCUT2D eigenvalue weighted by molar-refractivity contribution is 5.85. The maximum atomic E-state index is 12.1. The molecule has 29 heavy (non-hydrogen) atoms. The number of hydrogen-bond donors (Lipinski definition) is 1. The Morgan fingerprint density at radius 3 is 2.90 bits per heavy atom. The van der Waals surface area contributed by atoms with Crippen LogP contribution in [0.5, 0.6) is 5.75 Å². The number of fused-ring (bicyclic) bond motifs is 1. The SMILES string of the molecule is COCc1noc(C2CN(Cc3cn(C)c4ccc(OC)cc34)CC2C(N)=O)n1. The van der Waals surface area contributed by atoms with Gasteiger partial charge >= 0.3 is 0 Å². The van der Waals surface area contributed by atoms with Gasteiger partial charge in [-0.05, 0) is 23.8 Å². The van der Waals surface area contributed by atoms with Crippen LogP contribution in [0, 0.1) is 5.92 Å². The maximum Gasteiger partial charge on any atom is 0.231 e. The Hall–Kier alpha value is -2.91. The third-order valence-corrected chi connectivity index (χ3v) is 5.51. The number of carbonyl (C=O) groups excluding carboxylic acids is 1. The number of amides is 1. The Bertz CT molecular complexity index is 1030. The largest absolute Gasteiger partial charge is 0.497 e. The molecular formula is C20H25N5O4. The van der Waals surface area contributed by atoms with Crippen molar-refractivity contribution in [3.05, 3.63) is 41.7 Å². The lowest BCUT2D eigenvalue weighted by molar-refractivity contribution is -0.121. The van der Waals surface area contributed by atoms with Crippen LogP contribution in [0.2, 0.25) is 0 Å². The zero-order valence-corrected chi connectivity index (χ0v) is 16.8. The number of aryl methyl sites for hydroxylation is 1. The van der Waals surface area contributed by atoms with E-state index in [4.69, 9.17) is 19.7 Å². The van der Waals surface area contributed by atoms with Gasteiger partial charge in [0.2, 0.25) is 11.8 Å². The molecule has 2 aromatic heterocycles. The van der Waals surface area contributed by atoms with Gasteiger partial charge in [-0.15, -0.1) is 0 Å². The van der Waals surface area contributed by atoms with Gasteiger partial charge in [-0.25, -0.2) is 0 Å². The van der Waals surface area contributed by atoms with Crippen LogP contribution in [0.4, 0.5) is 0 Å². The van der Waals surface area contributed by atoms with E-state index in [1.54, 1.807) is 14.2 Å². The van der Waals surface area contributed by atoms with E-state index in [0.717, 1.165) is 22.2 Å². The number of primary amides is 1. The fourth-order valence-electron chi connectivity index (χ4n) is 4.11. The lowest BCUT2D eigenvalue weighted by Gasteiger charge is -2.14. The Morgan fingerprint density at radius 1 is 1.34 bits per heavy atom. The fourth-order valence-corrected chi connectivity index (χ4v) is 4.11. The second-order valence-electron chi connectivity index (χ2n) is 7.44. The number of aromatic nitrogens is 3. The molecule has 4 rings (SSSR count). The lowest BCUT2D eigenvalue weighted by atomic mass is 9.95. The number of rotatable bonds is 7. The maximum absolute atomic E-state index is 12.1. The van der Waals surface area contributed by atoms with E-state index < -0.39 is 0 Å². The van der Waals surface area contributed by atoms with Crippen molar-refractivity contribution in [3.8, 4) is 5.75 Å². The number of methoxy groups -OCH3 is 2. The van der Waals surface area contributed by atoms with Gasteiger partial charge in [-0.2, -0.15) is 4.98 Å². The van der Waals surface area contributed by atoms with Crippen LogP contribution in [0.3, 0.4) is 0 Å². The number of nitrogens with zero attached hydrogens (tertiary/aromatic N) is 4. The van der Waals surface area contributed by atoms with Crippen molar-refractivity contribution in [3.63, 3.8) is 0 Å². The van der Waals surface area contributed by atoms with Crippen molar-refractivity contribution < 1.29 is 18.8 Å². The Labute approximate surface area is 168 Å². The summed E-state index contributed by atoms with van der Waals surface area (Å²) in [4.78, 5) is 18.7. The summed E-state index contributed by atoms with van der Waals surface area (Å²) in [5, 5.41) is 5.05. The number of likely N-dealkylation sites (tertiary alicyclic amines) is 1. The minimum atomic E-state index is -0.379. The molecule has 1 saturated heterocycles. The van der Waals surface area contributed by atoms with Crippen LogP contribution in [0.1, 0.15) is 23.2 Å². The van der Waals surface area contributed by atoms with E-state index in [1.165, 1.54) is 0 Å². The Kier molecular flexibility index (Phi) is 5.25. The molecule has 0 bridgehead atoms. The third kappa shape index (κ3) is 3.70. The highest BCUT2D eigenvalue weighted by atomic mass is 16.5. The second-order valence-corrected chi connectivity index (χ2v) is 7.44. The smallest absolute Gasteiger partial charge is 0.231 e. The topological polar surface area (TPSA) is 109 Å². The molecule has 0 saturated carbocycles. The van der Waals surface area contributed by atoms with Crippen molar-refractivity contribution in [2.75, 3.05) is 27.3 Å². The first kappa shape index (κ1) is 19.4. The number of benzene rings is 1. The standard InChI is InChI=1S/C20H25N5O4/c1-24-7-12(14-6-13(28-3)4-5-17(14)24)8-25-9-15(19(21)26)16(10-25)20-22-18(11-27-2)23-29-20/h4-7,15-16H,8-11H2,1-3H3,(H2,21,26). The normalized spacial score (nSPS) is 19.8. The molecule has 154 valence electrons. The lowest BCUT2D eigenvalue weighted by Crippen LogP contribution is -2.29. The van der Waals surface area contributed by atoms with Gasteiger partial charge in [-0.3, -0.25) is 9.69 Å². The first-order valence-electron chi connectivity index (χ1n) is 9.45. The van der Waals surface area contributed by atoms with E-state index in [9.17, 15) is 4.79 Å². The molecule has 1 aromatic carbocycles. The van der Waals surface area contributed by atoms with Crippen molar-refractivity contribution in [1.29, 1.82) is 0 Å². The van der Waals surface area contributed by atoms with E-state index in [1.807, 2.05) is 25.2 Å². The summed E-state index contributed by atoms with van der Waals surface area (Å²) in [5.41, 5.74) is 7.97. The minimum absolute atomic E-state index is 0.227. The predicted molar refractivity (Wildman–Crippen MR) is 105 cm³/mol. The molecule has 1 aliphatic rings. The molecule has 9 nitrogen and oxygen atoms in total. The van der Waals surface area contributed by atoms with Crippen LogP contribution in [-0.2, 0) is 29.7 Å². The summed E-state index contributed by atoms with van der Waals surface area (Å²) in [6.45, 7) is 2.10. The molecule has 3 heterocycles. The molecule has 0 spiro atoms. The van der Waals surface area contributed by atoms with Gasteiger partial charge in [-0.1, -0.05) is 5.16 Å². The molecule has 1 amide bonds. The van der Waals surface area contributed by atoms with Gasteiger partial charge in [0.15, 0.2) is 5.82 Å². The summed E-state index contributed by atoms with van der Waals surface area (Å²) < 4.78 is 17.9. The van der Waals surface area contributed by atoms with Crippen molar-refractivity contribution in [2.45, 2.75) is 19.1 Å². The van der Waals surface area contributed by atoms with E-state index in [0.29, 0.717) is 31.3 Å². The van der Waals surface area contributed by atoms with Crippen LogP contribution < -0.4 is 10.5 Å². The quantitative estimate of drug-likeness (QED) is 0.640. The summed E-state index contributed by atoms with van der Waals surface area (Å²) in [7, 11) is 5.25. The molecule has 1 aliphatic heterocycles. The third-order valence-electron chi connectivity index (χ3n) is 5.51. The summed E-state index contributed by atoms with van der Waals surface area (Å²) in [5.74, 6) is 0.748. The monoisotopic (exact) mass is 399 g/mol. The van der Waals surface area contributed by atoms with Crippen molar-refractivity contribution >= 4 is 16.8 Å². The molecule has 0 radical (unpaired) electrons. The molecule has 3 aromatic rings. The first-order valence-corrected chi connectivity index (χ1v) is 9.45. The molecule has 0 aliphatic carbocycles. The summed E-state index contributed by atoms with van der Waals surface area (Å²) in [6.07, 6.45) is 2.11. The summed E-state index contributed by atoms with van der Waals surface area (Å²) in [6, 6.07) is 6.04. The van der Waals surface area contributed by atoms with Gasteiger partial charge in [0, 0.05) is 50.9 Å². The average molecular weight is 399 g/mol. The second kappa shape index (κ2) is 7.84. The van der Waals surface area contributed by atoms with Gasteiger partial charge in [0.25, 0.3) is 0 Å². The number of nitrogens with two attached hydrogens (primary N) is 1. The van der Waals surface area contributed by atoms with Gasteiger partial charge < -0.3 is 24.3 Å². The predicted octanol–water partition coefficient (Wildman–Crippen LogP) is 1.42. The van der Waals surface area contributed by atoms with Crippen LogP contribution in [-0.4, -0.2) is 52.8 Å². The molecule has 9 heteroatoms. The first-order chi connectivity index (χ1) is 14.0. The summed E-state index contributed by atoms with van der Waals surface area (Å²) >= 11 is 0. The molecule has 2 N–H and O–H groups in total. The van der Waals surface area contributed by atoms with E-state index in [2.05, 4.69) is 25.8 Å². The van der Waals surface area contributed by atoms with Gasteiger partial charge in [0.1, 0.15) is 12.4 Å². The Morgan fingerprint density at radius 2 is 2.17 bits per heavy atom. The minimum Gasteiger partial charge on any atom is -0.497 e. The zero-order chi connectivity index (χ0) is 20.5. The highest BCUT2D eigenvalue weighted by Crippen LogP contribution is 2.34. The molecule has 2 atom stereocenters. The molecule has 2 unspecified atom stereocenters. The molecule has 1 fully saturated rings. The zero-order valence-electron chi connectivity index (χ0n) is 16.8. The van der Waals surface area contributed by atoms with Gasteiger partial charge in [0.05, 0.1) is 18.9 Å². The van der Waals surface area contributed by atoms with Crippen LogP contribution in [0.15, 0.2) is 28.9 Å². The van der Waals surface area contributed by atoms with Crippen molar-refractivity contribution in [2.24, 2.45) is 18.7 Å². The van der Waals surface area contributed by atoms with Crippen LogP contribution in [0.25, 0.3) is 10.9 Å². The van der Waals surface area contributed by atoms with Crippen LogP contribution >= 0.6 is 0 Å². The fraction of sp³-hybridized carbons (Fsp3) is 0.450.